The Hall–Kier alpha value is -2.33. The molecule has 0 aromatic heterocycles. The standard InChI is InChI=1S/C24H19OS2.ClH/c26-20-16-17-24(23(18-20)25-19-10-4-1-5-11-19)27(21-12-6-2-7-13-21)22-14-8-3-9-15-22;/h1-15,17-18H,16H2;1H/q+1;/p-1. The summed E-state index contributed by atoms with van der Waals surface area (Å²) in [6, 6.07) is 31.1. The van der Waals surface area contributed by atoms with Gasteiger partial charge < -0.3 is 17.1 Å². The third kappa shape index (κ3) is 4.74. The zero-order valence-electron chi connectivity index (χ0n) is 15.1. The number of rotatable bonds is 5. The van der Waals surface area contributed by atoms with Crippen molar-refractivity contribution in [3.05, 3.63) is 114 Å². The van der Waals surface area contributed by atoms with Crippen LogP contribution in [0.3, 0.4) is 0 Å². The lowest BCUT2D eigenvalue weighted by Crippen LogP contribution is -3.00. The highest BCUT2D eigenvalue weighted by Crippen LogP contribution is 2.37. The number of benzene rings is 3. The predicted octanol–water partition coefficient (Wildman–Crippen LogP) is 3.35. The number of para-hydroxylation sites is 1. The average molecular weight is 423 g/mol. The third-order valence-corrected chi connectivity index (χ3v) is 6.75. The minimum absolute atomic E-state index is 0. The minimum Gasteiger partial charge on any atom is -1.00 e. The van der Waals surface area contributed by atoms with Crippen LogP contribution in [-0.4, -0.2) is 4.86 Å². The highest BCUT2D eigenvalue weighted by molar-refractivity contribution is 8.01. The van der Waals surface area contributed by atoms with Crippen molar-refractivity contribution < 1.29 is 17.1 Å². The van der Waals surface area contributed by atoms with Crippen LogP contribution in [0.2, 0.25) is 0 Å². The molecule has 1 aliphatic carbocycles. The molecular weight excluding hydrogens is 404 g/mol. The van der Waals surface area contributed by atoms with E-state index in [0.717, 1.165) is 22.8 Å². The van der Waals surface area contributed by atoms with E-state index in [1.54, 1.807) is 0 Å². The molecule has 0 bridgehead atoms. The second kappa shape index (κ2) is 9.74. The molecule has 0 fully saturated rings. The maximum absolute atomic E-state index is 6.27. The van der Waals surface area contributed by atoms with E-state index < -0.39 is 0 Å². The van der Waals surface area contributed by atoms with Crippen LogP contribution in [0.25, 0.3) is 0 Å². The fourth-order valence-electron chi connectivity index (χ4n) is 2.95. The summed E-state index contributed by atoms with van der Waals surface area (Å²) in [5.74, 6) is 1.66. The summed E-state index contributed by atoms with van der Waals surface area (Å²) < 4.78 is 6.27. The van der Waals surface area contributed by atoms with Crippen LogP contribution in [0, 0.1) is 0 Å². The number of allylic oxidation sites excluding steroid dienone is 2. The van der Waals surface area contributed by atoms with E-state index in [4.69, 9.17) is 17.0 Å². The largest absolute Gasteiger partial charge is 1.00 e. The summed E-state index contributed by atoms with van der Waals surface area (Å²) in [6.07, 6.45) is 5.00. The Labute approximate surface area is 180 Å². The molecule has 140 valence electrons. The van der Waals surface area contributed by atoms with Gasteiger partial charge in [0.1, 0.15) is 16.6 Å². The zero-order valence-corrected chi connectivity index (χ0v) is 17.5. The van der Waals surface area contributed by atoms with E-state index >= 15 is 0 Å². The first kappa shape index (κ1) is 20.4. The lowest BCUT2D eigenvalue weighted by molar-refractivity contribution is -0.00000566. The van der Waals surface area contributed by atoms with Crippen molar-refractivity contribution in [1.29, 1.82) is 0 Å². The molecule has 0 atom stereocenters. The molecule has 0 saturated heterocycles. The molecule has 3 aromatic carbocycles. The van der Waals surface area contributed by atoms with Gasteiger partial charge in [0.25, 0.3) is 0 Å². The summed E-state index contributed by atoms with van der Waals surface area (Å²) in [5, 5.41) is 0. The Balaban J connectivity index is 0.00000225. The Kier molecular flexibility index (Phi) is 7.10. The molecule has 0 amide bonds. The number of thiocarbonyl (C=S) groups is 1. The van der Waals surface area contributed by atoms with Crippen LogP contribution in [0.15, 0.2) is 124 Å². The number of ether oxygens (including phenoxy) is 1. The molecule has 1 aliphatic rings. The number of hydrogen-bond donors (Lipinski definition) is 0. The first-order valence-electron chi connectivity index (χ1n) is 8.83. The molecule has 0 N–H and O–H groups in total. The van der Waals surface area contributed by atoms with Crippen LogP contribution in [0.1, 0.15) is 6.42 Å². The van der Waals surface area contributed by atoms with Crippen molar-refractivity contribution in [2.45, 2.75) is 16.2 Å². The molecule has 3 aromatic rings. The van der Waals surface area contributed by atoms with Crippen molar-refractivity contribution >= 4 is 28.0 Å². The zero-order chi connectivity index (χ0) is 18.5. The molecule has 1 nitrogen and oxygen atoms in total. The normalized spacial score (nSPS) is 13.4. The second-order valence-electron chi connectivity index (χ2n) is 6.09. The molecule has 28 heavy (non-hydrogen) atoms. The molecule has 0 radical (unpaired) electrons. The van der Waals surface area contributed by atoms with Crippen molar-refractivity contribution in [2.24, 2.45) is 0 Å². The van der Waals surface area contributed by atoms with E-state index in [1.165, 1.54) is 14.7 Å². The highest BCUT2D eigenvalue weighted by atomic mass is 35.5. The molecule has 0 unspecified atom stereocenters. The Bertz CT molecular complexity index is 943. The Morgan fingerprint density at radius 2 is 1.21 bits per heavy atom. The SMILES string of the molecule is S=C1C=C(Oc2ccccc2)C([S+](c2ccccc2)c2ccccc2)=CC1.[Cl-]. The number of halogens is 1. The molecule has 0 spiro atoms. The van der Waals surface area contributed by atoms with Gasteiger partial charge in [0.2, 0.25) is 4.91 Å². The van der Waals surface area contributed by atoms with Gasteiger partial charge in [-0.05, 0) is 42.5 Å². The summed E-state index contributed by atoms with van der Waals surface area (Å²) >= 11 is 5.47. The topological polar surface area (TPSA) is 9.23 Å². The number of hydrogen-bond acceptors (Lipinski definition) is 2. The fraction of sp³-hybridized carbons (Fsp3) is 0.0417. The Morgan fingerprint density at radius 1 is 0.714 bits per heavy atom. The van der Waals surface area contributed by atoms with Gasteiger partial charge in [-0.25, -0.2) is 0 Å². The van der Waals surface area contributed by atoms with E-state index in [0.29, 0.717) is 0 Å². The third-order valence-electron chi connectivity index (χ3n) is 4.17. The van der Waals surface area contributed by atoms with Gasteiger partial charge in [-0.2, -0.15) is 0 Å². The second-order valence-corrected chi connectivity index (χ2v) is 8.61. The molecular formula is C24H19ClOS2. The molecule has 0 heterocycles. The Morgan fingerprint density at radius 3 is 1.75 bits per heavy atom. The summed E-state index contributed by atoms with van der Waals surface area (Å²) in [4.78, 5) is 4.62. The van der Waals surface area contributed by atoms with Gasteiger partial charge in [0, 0.05) is 17.4 Å². The van der Waals surface area contributed by atoms with Crippen LogP contribution < -0.4 is 17.1 Å². The van der Waals surface area contributed by atoms with Crippen molar-refractivity contribution in [1.82, 2.24) is 0 Å². The average Bonchev–Trinajstić information content (AvgIpc) is 2.72. The monoisotopic (exact) mass is 422 g/mol. The van der Waals surface area contributed by atoms with Gasteiger partial charge in [-0.15, -0.1) is 0 Å². The first-order chi connectivity index (χ1) is 13.3. The van der Waals surface area contributed by atoms with Gasteiger partial charge in [-0.1, -0.05) is 66.8 Å². The quantitative estimate of drug-likeness (QED) is 0.460. The van der Waals surface area contributed by atoms with Crippen LogP contribution in [0.5, 0.6) is 5.75 Å². The van der Waals surface area contributed by atoms with E-state index in [9.17, 15) is 0 Å². The fourth-order valence-corrected chi connectivity index (χ4v) is 5.33. The summed E-state index contributed by atoms with van der Waals surface area (Å²) in [6.45, 7) is 0. The van der Waals surface area contributed by atoms with Gasteiger partial charge >= 0.3 is 0 Å². The maximum Gasteiger partial charge on any atom is 0.205 e. The minimum atomic E-state index is -0.248. The predicted molar refractivity (Wildman–Crippen MR) is 117 cm³/mol. The van der Waals surface area contributed by atoms with Crippen LogP contribution >= 0.6 is 12.2 Å². The van der Waals surface area contributed by atoms with Crippen molar-refractivity contribution in [3.8, 4) is 5.75 Å². The maximum atomic E-state index is 6.27. The van der Waals surface area contributed by atoms with Gasteiger partial charge in [0.15, 0.2) is 15.6 Å². The first-order valence-corrected chi connectivity index (χ1v) is 10.5. The van der Waals surface area contributed by atoms with Gasteiger partial charge in [0.05, 0.1) is 0 Å². The summed E-state index contributed by atoms with van der Waals surface area (Å²) in [5.41, 5.74) is 0. The van der Waals surface area contributed by atoms with Crippen LogP contribution in [-0.2, 0) is 10.9 Å². The van der Waals surface area contributed by atoms with E-state index in [1.807, 2.05) is 36.4 Å². The lowest BCUT2D eigenvalue weighted by atomic mass is 10.1. The van der Waals surface area contributed by atoms with Crippen molar-refractivity contribution in [2.75, 3.05) is 0 Å². The molecule has 4 rings (SSSR count). The van der Waals surface area contributed by atoms with Gasteiger partial charge in [-0.3, -0.25) is 0 Å². The molecule has 4 heteroatoms. The molecule has 0 saturated carbocycles. The smallest absolute Gasteiger partial charge is 0.205 e. The van der Waals surface area contributed by atoms with E-state index in [-0.39, 0.29) is 23.3 Å². The lowest BCUT2D eigenvalue weighted by Gasteiger charge is -2.18. The summed E-state index contributed by atoms with van der Waals surface area (Å²) in [7, 11) is -0.248. The van der Waals surface area contributed by atoms with E-state index in [2.05, 4.69) is 66.7 Å². The highest BCUT2D eigenvalue weighted by Gasteiger charge is 2.36. The molecule has 0 aliphatic heterocycles. The van der Waals surface area contributed by atoms with Crippen molar-refractivity contribution in [3.63, 3.8) is 0 Å². The van der Waals surface area contributed by atoms with Crippen LogP contribution in [0.4, 0.5) is 0 Å².